The summed E-state index contributed by atoms with van der Waals surface area (Å²) in [7, 11) is 0. The van der Waals surface area contributed by atoms with Crippen LogP contribution in [0.1, 0.15) is 77.6 Å². The monoisotopic (exact) mass is 284 g/mol. The van der Waals surface area contributed by atoms with Crippen molar-refractivity contribution in [1.29, 1.82) is 0 Å². The van der Waals surface area contributed by atoms with Gasteiger partial charge in [-0.05, 0) is 25.3 Å². The molecular weight excluding hydrogens is 252 g/mol. The van der Waals surface area contributed by atoms with Gasteiger partial charge in [0.2, 0.25) is 0 Å². The summed E-state index contributed by atoms with van der Waals surface area (Å²) in [5.41, 5.74) is 0. The van der Waals surface area contributed by atoms with Crippen molar-refractivity contribution in [3.05, 3.63) is 12.3 Å². The van der Waals surface area contributed by atoms with Gasteiger partial charge < -0.3 is 14.3 Å². The van der Waals surface area contributed by atoms with Gasteiger partial charge in [0.05, 0.1) is 12.9 Å². The molecule has 0 rings (SSSR count). The molecule has 0 aromatic heterocycles. The number of carbonyl (C=O) groups excluding carboxylic acids is 1. The molecule has 20 heavy (non-hydrogen) atoms. The number of hydrogen-bond donors (Lipinski definition) is 0. The number of allylic oxidation sites excluding steroid dienone is 1. The third kappa shape index (κ3) is 17.2. The van der Waals surface area contributed by atoms with E-state index in [0.717, 1.165) is 32.2 Å². The van der Waals surface area contributed by atoms with Crippen LogP contribution in [0.2, 0.25) is 0 Å². The van der Waals surface area contributed by atoms with Crippen molar-refractivity contribution >= 4 is 6.29 Å². The number of carbonyl (C=O) groups is 1. The Bertz CT molecular complexity index is 214. The maximum absolute atomic E-state index is 10.1. The van der Waals surface area contributed by atoms with E-state index in [1.807, 2.05) is 6.08 Å². The molecule has 0 aromatic rings. The Kier molecular flexibility index (Phi) is 17.4. The number of hydrogen-bond acceptors (Lipinski definition) is 3. The van der Waals surface area contributed by atoms with Crippen LogP contribution >= 0.6 is 0 Å². The molecule has 3 nitrogen and oxygen atoms in total. The first-order valence-corrected chi connectivity index (χ1v) is 8.19. The summed E-state index contributed by atoms with van der Waals surface area (Å²) in [6.45, 7) is 3.37. The minimum absolute atomic E-state index is 0.334. The molecule has 0 aliphatic carbocycles. The summed E-state index contributed by atoms with van der Waals surface area (Å²) in [5, 5.41) is 0. The molecule has 0 N–H and O–H groups in total. The van der Waals surface area contributed by atoms with Crippen molar-refractivity contribution in [1.82, 2.24) is 0 Å². The van der Waals surface area contributed by atoms with E-state index in [-0.39, 0.29) is 0 Å². The van der Waals surface area contributed by atoms with E-state index in [4.69, 9.17) is 9.47 Å². The van der Waals surface area contributed by atoms with E-state index < -0.39 is 0 Å². The Hall–Kier alpha value is -0.830. The highest BCUT2D eigenvalue weighted by molar-refractivity contribution is 5.48. The maximum atomic E-state index is 10.1. The first-order valence-electron chi connectivity index (χ1n) is 8.19. The molecule has 0 aliphatic rings. The SMILES string of the molecule is CCCCCCCCCCOCOC=CCCCC=O. The Labute approximate surface area is 124 Å². The van der Waals surface area contributed by atoms with Crippen molar-refractivity contribution in [3.63, 3.8) is 0 Å². The standard InChI is InChI=1S/C17H32O3/c1-2-3-4-5-6-7-9-12-15-19-17-20-16-13-10-8-11-14-18/h13-14,16H,2-12,15,17H2,1H3. The van der Waals surface area contributed by atoms with Crippen molar-refractivity contribution in [2.45, 2.75) is 77.6 Å². The quantitative estimate of drug-likeness (QED) is 0.173. The van der Waals surface area contributed by atoms with Gasteiger partial charge in [0, 0.05) is 6.42 Å². The van der Waals surface area contributed by atoms with Gasteiger partial charge in [-0.15, -0.1) is 0 Å². The predicted molar refractivity (Wildman–Crippen MR) is 83.6 cm³/mol. The fraction of sp³-hybridized carbons (Fsp3) is 0.824. The second-order valence-electron chi connectivity index (χ2n) is 5.14. The van der Waals surface area contributed by atoms with Gasteiger partial charge in [-0.2, -0.15) is 0 Å². The first-order chi connectivity index (χ1) is 9.91. The maximum Gasteiger partial charge on any atom is 0.188 e. The van der Waals surface area contributed by atoms with E-state index in [9.17, 15) is 4.79 Å². The highest BCUT2D eigenvalue weighted by atomic mass is 16.7. The van der Waals surface area contributed by atoms with E-state index in [0.29, 0.717) is 13.2 Å². The topological polar surface area (TPSA) is 35.5 Å². The Morgan fingerprint density at radius 3 is 2.25 bits per heavy atom. The Morgan fingerprint density at radius 2 is 1.55 bits per heavy atom. The second kappa shape index (κ2) is 18.2. The van der Waals surface area contributed by atoms with Gasteiger partial charge in [0.15, 0.2) is 6.79 Å². The summed E-state index contributed by atoms with van der Waals surface area (Å²) in [6.07, 6.45) is 17.5. The number of unbranched alkanes of at least 4 members (excludes halogenated alkanes) is 9. The van der Waals surface area contributed by atoms with Gasteiger partial charge in [0.1, 0.15) is 6.29 Å². The van der Waals surface area contributed by atoms with E-state index in [1.165, 1.54) is 44.9 Å². The third-order valence-corrected chi connectivity index (χ3v) is 3.18. The number of rotatable bonds is 16. The van der Waals surface area contributed by atoms with Gasteiger partial charge in [0.25, 0.3) is 0 Å². The highest BCUT2D eigenvalue weighted by Crippen LogP contribution is 2.08. The first kappa shape index (κ1) is 19.2. The molecule has 3 heteroatoms. The normalized spacial score (nSPS) is 11.1. The zero-order chi connectivity index (χ0) is 14.7. The molecule has 0 saturated carbocycles. The minimum atomic E-state index is 0.334. The molecule has 0 aromatic carbocycles. The minimum Gasteiger partial charge on any atom is -0.475 e. The molecule has 0 aliphatic heterocycles. The molecular formula is C17H32O3. The molecule has 0 unspecified atom stereocenters. The van der Waals surface area contributed by atoms with Crippen LogP contribution in [0.4, 0.5) is 0 Å². The van der Waals surface area contributed by atoms with Crippen LogP contribution in [-0.2, 0) is 14.3 Å². The molecule has 0 heterocycles. The molecule has 0 atom stereocenters. The lowest BCUT2D eigenvalue weighted by molar-refractivity contribution is -0.107. The van der Waals surface area contributed by atoms with Gasteiger partial charge >= 0.3 is 0 Å². The average Bonchev–Trinajstić information content (AvgIpc) is 2.47. The fourth-order valence-electron chi connectivity index (χ4n) is 1.94. The van der Waals surface area contributed by atoms with Crippen LogP contribution < -0.4 is 0 Å². The molecule has 0 amide bonds. The number of ether oxygens (including phenoxy) is 2. The average molecular weight is 284 g/mol. The molecule has 0 radical (unpaired) electrons. The highest BCUT2D eigenvalue weighted by Gasteiger charge is 1.92. The van der Waals surface area contributed by atoms with Gasteiger partial charge in [-0.1, -0.05) is 51.9 Å². The van der Waals surface area contributed by atoms with Crippen LogP contribution in [-0.4, -0.2) is 19.7 Å². The lowest BCUT2D eigenvalue weighted by atomic mass is 10.1. The van der Waals surface area contributed by atoms with Crippen LogP contribution in [0.3, 0.4) is 0 Å². The van der Waals surface area contributed by atoms with Crippen LogP contribution in [0, 0.1) is 0 Å². The summed E-state index contributed by atoms with van der Waals surface area (Å²) in [5.74, 6) is 0. The second-order valence-corrected chi connectivity index (χ2v) is 5.14. The molecule has 0 fully saturated rings. The van der Waals surface area contributed by atoms with Crippen molar-refractivity contribution < 1.29 is 14.3 Å². The van der Waals surface area contributed by atoms with Crippen molar-refractivity contribution in [2.75, 3.05) is 13.4 Å². The zero-order valence-electron chi connectivity index (χ0n) is 13.1. The summed E-state index contributed by atoms with van der Waals surface area (Å²) < 4.78 is 10.6. The van der Waals surface area contributed by atoms with Gasteiger partial charge in [-0.3, -0.25) is 0 Å². The van der Waals surface area contributed by atoms with E-state index in [1.54, 1.807) is 6.26 Å². The summed E-state index contributed by atoms with van der Waals surface area (Å²) in [6, 6.07) is 0. The van der Waals surface area contributed by atoms with Gasteiger partial charge in [-0.25, -0.2) is 0 Å². The summed E-state index contributed by atoms with van der Waals surface area (Å²) >= 11 is 0. The fourth-order valence-corrected chi connectivity index (χ4v) is 1.94. The molecule has 0 spiro atoms. The molecule has 118 valence electrons. The van der Waals surface area contributed by atoms with E-state index in [2.05, 4.69) is 6.92 Å². The van der Waals surface area contributed by atoms with Crippen molar-refractivity contribution in [3.8, 4) is 0 Å². The third-order valence-electron chi connectivity index (χ3n) is 3.18. The summed E-state index contributed by atoms with van der Waals surface area (Å²) in [4.78, 5) is 10.1. The van der Waals surface area contributed by atoms with E-state index >= 15 is 0 Å². The Balaban J connectivity index is 3.00. The van der Waals surface area contributed by atoms with Crippen LogP contribution in [0.25, 0.3) is 0 Å². The smallest absolute Gasteiger partial charge is 0.188 e. The lowest BCUT2D eigenvalue weighted by Gasteiger charge is -2.04. The number of aldehydes is 1. The predicted octanol–water partition coefficient (Wildman–Crippen LogP) is 5.00. The zero-order valence-corrected chi connectivity index (χ0v) is 13.1. The largest absolute Gasteiger partial charge is 0.475 e. The lowest BCUT2D eigenvalue weighted by Crippen LogP contribution is -1.98. The molecule has 0 bridgehead atoms. The van der Waals surface area contributed by atoms with Crippen LogP contribution in [0.5, 0.6) is 0 Å². The van der Waals surface area contributed by atoms with Crippen molar-refractivity contribution in [2.24, 2.45) is 0 Å². The van der Waals surface area contributed by atoms with Crippen LogP contribution in [0.15, 0.2) is 12.3 Å². The molecule has 0 saturated heterocycles. The Morgan fingerprint density at radius 1 is 0.850 bits per heavy atom.